The van der Waals surface area contributed by atoms with Crippen LogP contribution in [0.3, 0.4) is 0 Å². The molecule has 2 aliphatic rings. The van der Waals surface area contributed by atoms with Crippen molar-refractivity contribution in [3.8, 4) is 17.6 Å². The van der Waals surface area contributed by atoms with Crippen LogP contribution >= 0.6 is 0 Å². The first-order valence-corrected chi connectivity index (χ1v) is 14.2. The molecule has 3 aromatic rings. The third kappa shape index (κ3) is 6.64. The number of aliphatic hydroxyl groups is 1. The van der Waals surface area contributed by atoms with Gasteiger partial charge in [-0.1, -0.05) is 49.4 Å². The Bertz CT molecular complexity index is 1350. The van der Waals surface area contributed by atoms with Crippen LogP contribution in [0.4, 0.5) is 0 Å². The fraction of sp³-hybridized carbons (Fsp3) is 0.394. The Kier molecular flexibility index (Phi) is 8.69. The molecule has 0 bridgehead atoms. The van der Waals surface area contributed by atoms with Crippen molar-refractivity contribution in [2.24, 2.45) is 0 Å². The first-order chi connectivity index (χ1) is 19.5. The van der Waals surface area contributed by atoms with Gasteiger partial charge >= 0.3 is 0 Å². The number of hydrogen-bond acceptors (Lipinski definition) is 6. The number of aliphatic hydroxyl groups excluding tert-OH is 1. The third-order valence-electron chi connectivity index (χ3n) is 8.03. The summed E-state index contributed by atoms with van der Waals surface area (Å²) in [6.45, 7) is 2.27. The van der Waals surface area contributed by atoms with Gasteiger partial charge in [0.1, 0.15) is 17.1 Å². The average molecular weight is 540 g/mol. The van der Waals surface area contributed by atoms with Crippen molar-refractivity contribution in [1.82, 2.24) is 10.6 Å². The minimum atomic E-state index is -0.871. The van der Waals surface area contributed by atoms with Crippen LogP contribution in [0.5, 0.6) is 11.5 Å². The van der Waals surface area contributed by atoms with Gasteiger partial charge in [-0.25, -0.2) is 0 Å². The zero-order valence-corrected chi connectivity index (χ0v) is 22.9. The standard InChI is InChI=1S/C33H37N3O4/c1-2-23-12-13-31-27(17-23)29(19-33(40-31)14-7-15-33)35-21-30(37)28(18-24-8-6-9-25(16-24)20-34)36-32(38)22-39-26-10-4-3-5-11-26/h3-6,8-13,16-17,28-30,35,37H,2,7,14-15,18-19,21-22H2,1H3,(H,36,38)/t28-,29-,30+/m0/s1. The number of carbonyl (C=O) groups excluding carboxylic acids is 1. The van der Waals surface area contributed by atoms with Crippen LogP contribution in [-0.4, -0.2) is 41.9 Å². The molecule has 0 aromatic heterocycles. The highest BCUT2D eigenvalue weighted by Gasteiger charge is 2.45. The number of aryl methyl sites for hydroxylation is 1. The molecule has 1 fully saturated rings. The van der Waals surface area contributed by atoms with Gasteiger partial charge in [-0.05, 0) is 73.6 Å². The van der Waals surface area contributed by atoms with Gasteiger partial charge in [0, 0.05) is 24.6 Å². The third-order valence-corrected chi connectivity index (χ3v) is 8.03. The van der Waals surface area contributed by atoms with Crippen molar-refractivity contribution < 1.29 is 19.4 Å². The Balaban J connectivity index is 1.29. The highest BCUT2D eigenvalue weighted by molar-refractivity contribution is 5.78. The lowest BCUT2D eigenvalue weighted by atomic mass is 9.72. The van der Waals surface area contributed by atoms with Crippen LogP contribution in [-0.2, 0) is 17.6 Å². The Morgan fingerprint density at radius 3 is 2.67 bits per heavy atom. The van der Waals surface area contributed by atoms with Gasteiger partial charge in [-0.3, -0.25) is 4.79 Å². The lowest BCUT2D eigenvalue weighted by Crippen LogP contribution is -2.52. The van der Waals surface area contributed by atoms with Crippen molar-refractivity contribution in [2.75, 3.05) is 13.2 Å². The van der Waals surface area contributed by atoms with Gasteiger partial charge in [0.25, 0.3) is 5.91 Å². The number of amides is 1. The number of carbonyl (C=O) groups is 1. The summed E-state index contributed by atoms with van der Waals surface area (Å²) in [5, 5.41) is 27.3. The first-order valence-electron chi connectivity index (χ1n) is 14.2. The van der Waals surface area contributed by atoms with Gasteiger partial charge < -0.3 is 25.2 Å². The molecule has 0 saturated heterocycles. The van der Waals surface area contributed by atoms with Gasteiger partial charge in [-0.2, -0.15) is 5.26 Å². The van der Waals surface area contributed by atoms with Crippen LogP contribution in [0, 0.1) is 11.3 Å². The quantitative estimate of drug-likeness (QED) is 0.329. The normalized spacial score (nSPS) is 18.4. The number of nitriles is 1. The van der Waals surface area contributed by atoms with E-state index in [0.29, 0.717) is 24.3 Å². The second-order valence-corrected chi connectivity index (χ2v) is 10.9. The van der Waals surface area contributed by atoms with Crippen molar-refractivity contribution >= 4 is 5.91 Å². The van der Waals surface area contributed by atoms with E-state index in [1.165, 1.54) is 12.0 Å². The molecule has 7 nitrogen and oxygen atoms in total. The van der Waals surface area contributed by atoms with E-state index in [9.17, 15) is 15.2 Å². The fourth-order valence-corrected chi connectivity index (χ4v) is 5.62. The van der Waals surface area contributed by atoms with Gasteiger partial charge in [0.2, 0.25) is 0 Å². The molecule has 1 saturated carbocycles. The number of nitrogens with one attached hydrogen (secondary N) is 2. The lowest BCUT2D eigenvalue weighted by Gasteiger charge is -2.48. The zero-order valence-electron chi connectivity index (χ0n) is 22.9. The number of nitrogens with zero attached hydrogens (tertiary/aromatic N) is 1. The van der Waals surface area contributed by atoms with Gasteiger partial charge in [0.05, 0.1) is 23.8 Å². The summed E-state index contributed by atoms with van der Waals surface area (Å²) in [5.41, 5.74) is 3.65. The summed E-state index contributed by atoms with van der Waals surface area (Å²) in [4.78, 5) is 12.9. The molecule has 3 N–H and O–H groups in total. The van der Waals surface area contributed by atoms with Gasteiger partial charge in [-0.15, -0.1) is 0 Å². The summed E-state index contributed by atoms with van der Waals surface area (Å²) in [6, 6.07) is 24.5. The first kappa shape index (κ1) is 27.7. The second kappa shape index (κ2) is 12.5. The van der Waals surface area contributed by atoms with Crippen molar-refractivity contribution in [3.63, 3.8) is 0 Å². The minimum absolute atomic E-state index is 0.0462. The molecule has 208 valence electrons. The van der Waals surface area contributed by atoms with E-state index in [-0.39, 0.29) is 24.2 Å². The number of benzene rings is 3. The Morgan fingerprint density at radius 2 is 1.95 bits per heavy atom. The van der Waals surface area contributed by atoms with Gasteiger partial charge in [0.15, 0.2) is 6.61 Å². The van der Waals surface area contributed by atoms with Crippen molar-refractivity contribution in [1.29, 1.82) is 5.26 Å². The van der Waals surface area contributed by atoms with E-state index in [1.807, 2.05) is 30.3 Å². The molecule has 1 spiro atoms. The molecule has 5 rings (SSSR count). The Morgan fingerprint density at radius 1 is 1.12 bits per heavy atom. The van der Waals surface area contributed by atoms with Crippen LogP contribution in [0.15, 0.2) is 72.8 Å². The molecule has 3 aromatic carbocycles. The average Bonchev–Trinajstić information content (AvgIpc) is 2.97. The zero-order chi connectivity index (χ0) is 28.0. The highest BCUT2D eigenvalue weighted by atomic mass is 16.5. The van der Waals surface area contributed by atoms with Crippen molar-refractivity contribution in [3.05, 3.63) is 95.1 Å². The van der Waals surface area contributed by atoms with E-state index in [0.717, 1.165) is 42.6 Å². The fourth-order valence-electron chi connectivity index (χ4n) is 5.62. The highest BCUT2D eigenvalue weighted by Crippen LogP contribution is 2.49. The smallest absolute Gasteiger partial charge is 0.258 e. The van der Waals surface area contributed by atoms with E-state index in [4.69, 9.17) is 9.47 Å². The van der Waals surface area contributed by atoms with Crippen LogP contribution in [0.2, 0.25) is 0 Å². The van der Waals surface area contributed by atoms with Crippen LogP contribution < -0.4 is 20.1 Å². The van der Waals surface area contributed by atoms with E-state index in [1.54, 1.807) is 24.3 Å². The molecule has 1 aliphatic carbocycles. The molecule has 1 amide bonds. The SMILES string of the molecule is CCc1ccc2c(c1)[C@@H](NC[C@@H](O)[C@H](Cc1cccc(C#N)c1)NC(=O)COc1ccccc1)CC1(CCC1)O2. The summed E-state index contributed by atoms with van der Waals surface area (Å²) in [7, 11) is 0. The molecule has 7 heteroatoms. The topological polar surface area (TPSA) is 104 Å². The number of ether oxygens (including phenoxy) is 2. The number of rotatable bonds is 11. The van der Waals surface area contributed by atoms with Crippen molar-refractivity contribution in [2.45, 2.75) is 69.2 Å². The second-order valence-electron chi connectivity index (χ2n) is 10.9. The maximum absolute atomic E-state index is 12.9. The number of para-hydroxylation sites is 1. The molecule has 3 atom stereocenters. The minimum Gasteiger partial charge on any atom is -0.487 e. The number of fused-ring (bicyclic) bond motifs is 1. The van der Waals surface area contributed by atoms with Crippen LogP contribution in [0.1, 0.15) is 60.9 Å². The monoisotopic (exact) mass is 539 g/mol. The predicted octanol–water partition coefficient (Wildman–Crippen LogP) is 4.62. The molecular weight excluding hydrogens is 502 g/mol. The van der Waals surface area contributed by atoms with E-state index < -0.39 is 12.1 Å². The Labute approximate surface area is 236 Å². The molecule has 1 heterocycles. The Hall–Kier alpha value is -3.86. The lowest BCUT2D eigenvalue weighted by molar-refractivity contribution is -0.124. The molecule has 40 heavy (non-hydrogen) atoms. The molecule has 0 unspecified atom stereocenters. The molecular formula is C33H37N3O4. The summed E-state index contributed by atoms with van der Waals surface area (Å²) < 4.78 is 12.1. The largest absolute Gasteiger partial charge is 0.487 e. The summed E-state index contributed by atoms with van der Waals surface area (Å²) in [5.74, 6) is 1.21. The molecule has 1 aliphatic heterocycles. The van der Waals surface area contributed by atoms with E-state index in [2.05, 4.69) is 41.8 Å². The predicted molar refractivity (Wildman–Crippen MR) is 153 cm³/mol. The summed E-state index contributed by atoms with van der Waals surface area (Å²) >= 11 is 0. The maximum atomic E-state index is 12.9. The van der Waals surface area contributed by atoms with Crippen LogP contribution in [0.25, 0.3) is 0 Å². The maximum Gasteiger partial charge on any atom is 0.258 e. The molecule has 0 radical (unpaired) electrons. The summed E-state index contributed by atoms with van der Waals surface area (Å²) in [6.07, 6.45) is 4.54. The van der Waals surface area contributed by atoms with E-state index >= 15 is 0 Å². The number of hydrogen-bond donors (Lipinski definition) is 3.